The van der Waals surface area contributed by atoms with E-state index in [9.17, 15) is 19.7 Å². The van der Waals surface area contributed by atoms with Crippen molar-refractivity contribution >= 4 is 31.3 Å². The molecule has 1 atom stereocenters. The SMILES string of the molecule is C[Si](C)(C)CC(=O)OC(c1ccc([N+](=O)[O-])cc1)N1C(=O)Cc2ccccc21. The first-order valence-corrected chi connectivity index (χ1v) is 12.7. The first-order chi connectivity index (χ1) is 13.2. The summed E-state index contributed by atoms with van der Waals surface area (Å²) in [5, 5.41) is 10.9. The molecule has 7 nitrogen and oxygen atoms in total. The van der Waals surface area contributed by atoms with Crippen LogP contribution in [0.4, 0.5) is 11.4 Å². The fourth-order valence-corrected chi connectivity index (χ4v) is 4.11. The van der Waals surface area contributed by atoms with Crippen LogP contribution in [-0.4, -0.2) is 24.9 Å². The van der Waals surface area contributed by atoms with E-state index >= 15 is 0 Å². The molecule has 1 heterocycles. The van der Waals surface area contributed by atoms with Gasteiger partial charge in [-0.15, -0.1) is 0 Å². The molecule has 0 saturated carbocycles. The van der Waals surface area contributed by atoms with Gasteiger partial charge in [0.2, 0.25) is 12.1 Å². The highest BCUT2D eigenvalue weighted by Crippen LogP contribution is 2.37. The largest absolute Gasteiger partial charge is 0.437 e. The van der Waals surface area contributed by atoms with Gasteiger partial charge in [0.15, 0.2) is 0 Å². The summed E-state index contributed by atoms with van der Waals surface area (Å²) >= 11 is 0. The average molecular weight is 398 g/mol. The third kappa shape index (κ3) is 4.28. The van der Waals surface area contributed by atoms with E-state index in [1.54, 1.807) is 0 Å². The molecule has 0 N–H and O–H groups in total. The summed E-state index contributed by atoms with van der Waals surface area (Å²) in [4.78, 5) is 37.2. The van der Waals surface area contributed by atoms with Crippen molar-refractivity contribution in [2.45, 2.75) is 38.3 Å². The van der Waals surface area contributed by atoms with Gasteiger partial charge in [-0.3, -0.25) is 24.6 Å². The molecule has 0 bridgehead atoms. The maximum Gasteiger partial charge on any atom is 0.305 e. The third-order valence-corrected chi connectivity index (χ3v) is 5.75. The lowest BCUT2D eigenvalue weighted by atomic mass is 10.1. The molecular formula is C20H22N2O5Si. The Morgan fingerprint density at radius 3 is 2.43 bits per heavy atom. The molecule has 0 aromatic heterocycles. The number of nitrogens with zero attached hydrogens (tertiary/aromatic N) is 2. The molecule has 0 aliphatic carbocycles. The number of hydrogen-bond donors (Lipinski definition) is 0. The second kappa shape index (κ2) is 7.55. The Labute approximate surface area is 164 Å². The lowest BCUT2D eigenvalue weighted by Gasteiger charge is -2.29. The molecule has 28 heavy (non-hydrogen) atoms. The molecule has 3 rings (SSSR count). The van der Waals surface area contributed by atoms with Crippen LogP contribution in [0.2, 0.25) is 25.7 Å². The van der Waals surface area contributed by atoms with E-state index in [1.807, 2.05) is 24.3 Å². The number of benzene rings is 2. The fraction of sp³-hybridized carbons (Fsp3) is 0.300. The van der Waals surface area contributed by atoms with Crippen LogP contribution in [0.25, 0.3) is 0 Å². The summed E-state index contributed by atoms with van der Waals surface area (Å²) in [7, 11) is -1.71. The van der Waals surface area contributed by atoms with E-state index in [-0.39, 0.29) is 24.0 Å². The zero-order valence-corrected chi connectivity index (χ0v) is 17.0. The highest BCUT2D eigenvalue weighted by molar-refractivity contribution is 6.78. The molecule has 0 saturated heterocycles. The van der Waals surface area contributed by atoms with E-state index in [2.05, 4.69) is 19.6 Å². The molecule has 1 amide bonds. The number of anilines is 1. The Balaban J connectivity index is 1.98. The molecule has 0 spiro atoms. The first-order valence-electron chi connectivity index (χ1n) is 8.99. The summed E-state index contributed by atoms with van der Waals surface area (Å²) in [6.07, 6.45) is -0.730. The number of ether oxygens (including phenoxy) is 1. The van der Waals surface area contributed by atoms with Gasteiger partial charge in [0.1, 0.15) is 0 Å². The Morgan fingerprint density at radius 2 is 1.82 bits per heavy atom. The number of fused-ring (bicyclic) bond motifs is 1. The number of rotatable bonds is 6. The molecule has 2 aromatic carbocycles. The van der Waals surface area contributed by atoms with Crippen LogP contribution in [0.1, 0.15) is 17.4 Å². The van der Waals surface area contributed by atoms with Crippen LogP contribution in [0.3, 0.4) is 0 Å². The molecule has 8 heteroatoms. The summed E-state index contributed by atoms with van der Waals surface area (Å²) in [5.74, 6) is -0.551. The number of amides is 1. The van der Waals surface area contributed by atoms with Crippen LogP contribution in [-0.2, 0) is 20.7 Å². The van der Waals surface area contributed by atoms with Crippen molar-refractivity contribution in [2.24, 2.45) is 0 Å². The summed E-state index contributed by atoms with van der Waals surface area (Å²) in [6, 6.07) is 13.4. The van der Waals surface area contributed by atoms with Gasteiger partial charge in [-0.2, -0.15) is 0 Å². The quantitative estimate of drug-likeness (QED) is 0.317. The minimum Gasteiger partial charge on any atom is -0.437 e. The molecule has 0 fully saturated rings. The first kappa shape index (κ1) is 19.8. The van der Waals surface area contributed by atoms with E-state index < -0.39 is 19.2 Å². The van der Waals surface area contributed by atoms with Crippen molar-refractivity contribution in [1.82, 2.24) is 0 Å². The topological polar surface area (TPSA) is 89.8 Å². The van der Waals surface area contributed by atoms with Crippen molar-refractivity contribution in [3.8, 4) is 0 Å². The summed E-state index contributed by atoms with van der Waals surface area (Å²) in [6.45, 7) is 6.18. The third-order valence-electron chi connectivity index (χ3n) is 4.40. The highest BCUT2D eigenvalue weighted by atomic mass is 28.3. The zero-order chi connectivity index (χ0) is 20.5. The van der Waals surface area contributed by atoms with Crippen LogP contribution < -0.4 is 4.90 Å². The van der Waals surface area contributed by atoms with Crippen LogP contribution in [0.15, 0.2) is 48.5 Å². The van der Waals surface area contributed by atoms with E-state index in [1.165, 1.54) is 29.2 Å². The van der Waals surface area contributed by atoms with Gasteiger partial charge in [0, 0.05) is 23.7 Å². The average Bonchev–Trinajstić information content (AvgIpc) is 2.94. The molecule has 1 aliphatic rings. The van der Waals surface area contributed by atoms with Gasteiger partial charge in [-0.1, -0.05) is 37.8 Å². The number of esters is 1. The Bertz CT molecular complexity index is 921. The normalized spacial score (nSPS) is 14.5. The molecule has 1 aliphatic heterocycles. The van der Waals surface area contributed by atoms with E-state index in [0.717, 1.165) is 5.56 Å². The summed E-state index contributed by atoms with van der Waals surface area (Å²) in [5.41, 5.74) is 2.00. The molecule has 1 unspecified atom stereocenters. The Kier molecular flexibility index (Phi) is 5.33. The van der Waals surface area contributed by atoms with Gasteiger partial charge in [0.05, 0.1) is 25.1 Å². The standard InChI is InChI=1S/C20H22N2O5Si/c1-28(2,3)13-19(24)27-20(14-8-10-16(11-9-14)22(25)26)21-17-7-5-4-6-15(17)12-18(21)23/h4-11,20H,12-13H2,1-3H3. The van der Waals surface area contributed by atoms with Crippen molar-refractivity contribution in [1.29, 1.82) is 0 Å². The molecule has 146 valence electrons. The minimum atomic E-state index is -1.71. The molecule has 2 aromatic rings. The van der Waals surface area contributed by atoms with Crippen LogP contribution >= 0.6 is 0 Å². The monoisotopic (exact) mass is 398 g/mol. The van der Waals surface area contributed by atoms with Crippen molar-refractivity contribution in [3.63, 3.8) is 0 Å². The number of non-ortho nitro benzene ring substituents is 1. The number of carbonyl (C=O) groups is 2. The fourth-order valence-electron chi connectivity index (χ4n) is 3.16. The Morgan fingerprint density at radius 1 is 1.18 bits per heavy atom. The maximum atomic E-state index is 12.7. The predicted molar refractivity (Wildman–Crippen MR) is 108 cm³/mol. The lowest BCUT2D eigenvalue weighted by molar-refractivity contribution is -0.384. The number of para-hydroxylation sites is 1. The number of nitro groups is 1. The molecular weight excluding hydrogens is 376 g/mol. The van der Waals surface area contributed by atoms with Crippen molar-refractivity contribution in [2.75, 3.05) is 4.90 Å². The smallest absolute Gasteiger partial charge is 0.305 e. The van der Waals surface area contributed by atoms with Gasteiger partial charge < -0.3 is 4.74 Å². The van der Waals surface area contributed by atoms with Gasteiger partial charge in [-0.05, 0) is 23.8 Å². The lowest BCUT2D eigenvalue weighted by Crippen LogP contribution is -2.36. The number of hydrogen-bond acceptors (Lipinski definition) is 5. The highest BCUT2D eigenvalue weighted by Gasteiger charge is 2.36. The van der Waals surface area contributed by atoms with Gasteiger partial charge >= 0.3 is 5.97 Å². The van der Waals surface area contributed by atoms with Gasteiger partial charge in [-0.25, -0.2) is 0 Å². The van der Waals surface area contributed by atoms with Crippen molar-refractivity contribution in [3.05, 3.63) is 69.8 Å². The van der Waals surface area contributed by atoms with E-state index in [4.69, 9.17) is 4.74 Å². The van der Waals surface area contributed by atoms with Gasteiger partial charge in [0.25, 0.3) is 5.69 Å². The number of nitro benzene ring substituents is 1. The zero-order valence-electron chi connectivity index (χ0n) is 16.0. The second-order valence-corrected chi connectivity index (χ2v) is 13.5. The number of carbonyl (C=O) groups excluding carboxylic acids is 2. The predicted octanol–water partition coefficient (Wildman–Crippen LogP) is 4.06. The van der Waals surface area contributed by atoms with Crippen molar-refractivity contribution < 1.29 is 19.2 Å². The second-order valence-electron chi connectivity index (χ2n) is 8.00. The maximum absolute atomic E-state index is 12.7. The minimum absolute atomic E-state index is 0.0657. The van der Waals surface area contributed by atoms with Crippen LogP contribution in [0.5, 0.6) is 0 Å². The van der Waals surface area contributed by atoms with E-state index in [0.29, 0.717) is 17.3 Å². The van der Waals surface area contributed by atoms with Crippen LogP contribution in [0, 0.1) is 10.1 Å². The Hall–Kier alpha value is -3.00. The summed E-state index contributed by atoms with van der Waals surface area (Å²) < 4.78 is 5.76. The molecule has 0 radical (unpaired) electrons.